The minimum absolute atomic E-state index is 0.0727. The van der Waals surface area contributed by atoms with Crippen LogP contribution < -0.4 is 0 Å². The van der Waals surface area contributed by atoms with Crippen LogP contribution in [0.1, 0.15) is 12.1 Å². The van der Waals surface area contributed by atoms with Crippen molar-refractivity contribution in [3.05, 3.63) is 27.5 Å². The lowest BCUT2D eigenvalue weighted by molar-refractivity contribution is 0.145. The number of aromatic nitrogens is 1. The predicted molar refractivity (Wildman–Crippen MR) is 41.9 cm³/mol. The number of pyridine rings is 1. The van der Waals surface area contributed by atoms with Crippen LogP contribution in [0, 0.1) is 0 Å². The molecule has 0 radical (unpaired) electrons. The minimum atomic E-state index is -2.59. The fourth-order valence-electron chi connectivity index (χ4n) is 0.586. The number of rotatable bonds is 1. The van der Waals surface area contributed by atoms with Gasteiger partial charge in [0.15, 0.2) is 0 Å². The van der Waals surface area contributed by atoms with Crippen molar-refractivity contribution >= 4 is 27.5 Å². The van der Waals surface area contributed by atoms with Crippen LogP contribution in [0.4, 0.5) is 8.78 Å². The first kappa shape index (κ1) is 8.87. The van der Waals surface area contributed by atoms with Gasteiger partial charge in [0.05, 0.1) is 0 Å². The molecule has 60 valence electrons. The highest BCUT2D eigenvalue weighted by Gasteiger charge is 2.13. The summed E-state index contributed by atoms with van der Waals surface area (Å²) >= 11 is 8.33. The number of alkyl halides is 2. The average molecular weight is 242 g/mol. The van der Waals surface area contributed by atoms with Crippen LogP contribution in [-0.2, 0) is 0 Å². The van der Waals surface area contributed by atoms with Crippen molar-refractivity contribution < 1.29 is 8.78 Å². The minimum Gasteiger partial charge on any atom is -0.234 e. The Balaban J connectivity index is 3.13. The second kappa shape index (κ2) is 3.45. The normalized spacial score (nSPS) is 10.6. The lowest BCUT2D eigenvalue weighted by Gasteiger charge is -2.00. The van der Waals surface area contributed by atoms with E-state index in [9.17, 15) is 8.78 Å². The molecule has 0 aliphatic carbocycles. The fraction of sp³-hybridized carbons (Fsp3) is 0.167. The highest BCUT2D eigenvalue weighted by Crippen LogP contribution is 2.26. The van der Waals surface area contributed by atoms with E-state index in [1.165, 1.54) is 12.1 Å². The van der Waals surface area contributed by atoms with Crippen molar-refractivity contribution in [2.24, 2.45) is 0 Å². The second-order valence-electron chi connectivity index (χ2n) is 1.80. The van der Waals surface area contributed by atoms with E-state index in [0.29, 0.717) is 0 Å². The fourth-order valence-corrected chi connectivity index (χ4v) is 1.13. The molecule has 1 aromatic rings. The van der Waals surface area contributed by atoms with E-state index in [-0.39, 0.29) is 15.3 Å². The maximum atomic E-state index is 12.1. The Morgan fingerprint density at radius 2 is 2.09 bits per heavy atom. The molecular formula is C6H3BrClF2N. The molecule has 0 aliphatic rings. The molecule has 1 rings (SSSR count). The summed E-state index contributed by atoms with van der Waals surface area (Å²) < 4.78 is 24.4. The van der Waals surface area contributed by atoms with Gasteiger partial charge in [0.1, 0.15) is 10.8 Å². The monoisotopic (exact) mass is 241 g/mol. The van der Waals surface area contributed by atoms with Crippen molar-refractivity contribution in [3.63, 3.8) is 0 Å². The Labute approximate surface area is 75.5 Å². The zero-order valence-electron chi connectivity index (χ0n) is 5.19. The number of hydrogen-bond donors (Lipinski definition) is 0. The van der Waals surface area contributed by atoms with Gasteiger partial charge in [-0.1, -0.05) is 11.6 Å². The molecule has 0 fully saturated rings. The predicted octanol–water partition coefficient (Wildman–Crippen LogP) is 3.44. The van der Waals surface area contributed by atoms with E-state index in [0.717, 1.165) is 0 Å². The third kappa shape index (κ3) is 2.10. The first-order valence-corrected chi connectivity index (χ1v) is 3.88. The molecule has 0 aliphatic heterocycles. The van der Waals surface area contributed by atoms with Crippen LogP contribution >= 0.6 is 27.5 Å². The van der Waals surface area contributed by atoms with E-state index in [4.69, 9.17) is 11.6 Å². The van der Waals surface area contributed by atoms with Crippen molar-refractivity contribution in [3.8, 4) is 0 Å². The molecule has 1 nitrogen and oxygen atoms in total. The van der Waals surface area contributed by atoms with Crippen LogP contribution in [-0.4, -0.2) is 4.98 Å². The summed E-state index contributed by atoms with van der Waals surface area (Å²) in [6, 6.07) is 2.88. The summed E-state index contributed by atoms with van der Waals surface area (Å²) in [4.78, 5) is 3.44. The summed E-state index contributed by atoms with van der Waals surface area (Å²) in [6.07, 6.45) is -2.59. The van der Waals surface area contributed by atoms with Crippen LogP contribution in [0.3, 0.4) is 0 Å². The molecule has 0 amide bonds. The second-order valence-corrected chi connectivity index (χ2v) is 3.04. The quantitative estimate of drug-likeness (QED) is 0.688. The van der Waals surface area contributed by atoms with Gasteiger partial charge in [-0.15, -0.1) is 0 Å². The Morgan fingerprint density at radius 3 is 2.55 bits per heavy atom. The van der Waals surface area contributed by atoms with Crippen LogP contribution in [0.2, 0.25) is 5.15 Å². The van der Waals surface area contributed by atoms with Crippen LogP contribution in [0.25, 0.3) is 0 Å². The lowest BCUT2D eigenvalue weighted by Crippen LogP contribution is -1.91. The van der Waals surface area contributed by atoms with E-state index in [1.807, 2.05) is 0 Å². The van der Waals surface area contributed by atoms with E-state index >= 15 is 0 Å². The van der Waals surface area contributed by atoms with Gasteiger partial charge < -0.3 is 0 Å². The van der Waals surface area contributed by atoms with Gasteiger partial charge in [0.25, 0.3) is 6.43 Å². The Bertz CT molecular complexity index is 267. The molecule has 0 spiro atoms. The Hall–Kier alpha value is -0.220. The van der Waals surface area contributed by atoms with Crippen molar-refractivity contribution in [2.45, 2.75) is 6.43 Å². The van der Waals surface area contributed by atoms with E-state index in [1.54, 1.807) is 0 Å². The van der Waals surface area contributed by atoms with E-state index < -0.39 is 6.43 Å². The third-order valence-corrected chi connectivity index (χ3v) is 1.93. The van der Waals surface area contributed by atoms with E-state index in [2.05, 4.69) is 20.9 Å². The molecule has 0 N–H and O–H groups in total. The van der Waals surface area contributed by atoms with Crippen molar-refractivity contribution in [2.75, 3.05) is 0 Å². The maximum Gasteiger partial charge on any atom is 0.281 e. The number of halogens is 4. The molecule has 0 saturated carbocycles. The number of hydrogen-bond acceptors (Lipinski definition) is 1. The first-order chi connectivity index (χ1) is 5.11. The average Bonchev–Trinajstić information content (AvgIpc) is 1.94. The van der Waals surface area contributed by atoms with Gasteiger partial charge >= 0.3 is 0 Å². The topological polar surface area (TPSA) is 12.9 Å². The summed E-state index contributed by atoms with van der Waals surface area (Å²) in [5.74, 6) is 0. The van der Waals surface area contributed by atoms with Gasteiger partial charge in [-0.25, -0.2) is 13.8 Å². The zero-order chi connectivity index (χ0) is 8.43. The van der Waals surface area contributed by atoms with Crippen molar-refractivity contribution in [1.29, 1.82) is 0 Å². The third-order valence-electron chi connectivity index (χ3n) is 1.05. The zero-order valence-corrected chi connectivity index (χ0v) is 7.53. The van der Waals surface area contributed by atoms with Gasteiger partial charge in [0.2, 0.25) is 0 Å². The van der Waals surface area contributed by atoms with Gasteiger partial charge in [0, 0.05) is 4.47 Å². The largest absolute Gasteiger partial charge is 0.281 e. The van der Waals surface area contributed by atoms with Gasteiger partial charge in [-0.3, -0.25) is 0 Å². The van der Waals surface area contributed by atoms with Gasteiger partial charge in [-0.2, -0.15) is 0 Å². The molecule has 0 aromatic carbocycles. The van der Waals surface area contributed by atoms with Gasteiger partial charge in [-0.05, 0) is 28.1 Å². The molecule has 0 unspecified atom stereocenters. The Kier molecular flexibility index (Phi) is 2.78. The maximum absolute atomic E-state index is 12.1. The molecular weight excluding hydrogens is 239 g/mol. The SMILES string of the molecule is FC(F)c1nc(Cl)ccc1Br. The molecule has 1 heterocycles. The van der Waals surface area contributed by atoms with Crippen LogP contribution in [0.15, 0.2) is 16.6 Å². The standard InChI is InChI=1S/C6H3BrClF2N/c7-3-1-2-4(8)11-5(3)6(9)10/h1-2,6H. The van der Waals surface area contributed by atoms with Crippen LogP contribution in [0.5, 0.6) is 0 Å². The summed E-state index contributed by atoms with van der Waals surface area (Å²) in [5.41, 5.74) is -0.322. The summed E-state index contributed by atoms with van der Waals surface area (Å²) in [7, 11) is 0. The Morgan fingerprint density at radius 1 is 1.45 bits per heavy atom. The summed E-state index contributed by atoms with van der Waals surface area (Å²) in [5, 5.41) is 0.0727. The lowest BCUT2D eigenvalue weighted by atomic mass is 10.4. The molecule has 11 heavy (non-hydrogen) atoms. The molecule has 1 aromatic heterocycles. The first-order valence-electron chi connectivity index (χ1n) is 2.71. The number of nitrogens with zero attached hydrogens (tertiary/aromatic N) is 1. The smallest absolute Gasteiger partial charge is 0.234 e. The molecule has 0 bridgehead atoms. The molecule has 0 atom stereocenters. The summed E-state index contributed by atoms with van der Waals surface area (Å²) in [6.45, 7) is 0. The highest BCUT2D eigenvalue weighted by atomic mass is 79.9. The molecule has 0 saturated heterocycles. The highest BCUT2D eigenvalue weighted by molar-refractivity contribution is 9.10. The van der Waals surface area contributed by atoms with Crippen molar-refractivity contribution in [1.82, 2.24) is 4.98 Å². The molecule has 5 heteroatoms.